The third kappa shape index (κ3) is 1.41. The van der Waals surface area contributed by atoms with Crippen LogP contribution in [0.5, 0.6) is 0 Å². The third-order valence-electron chi connectivity index (χ3n) is 1.15. The summed E-state index contributed by atoms with van der Waals surface area (Å²) in [6, 6.07) is 1.97. The molecule has 1 heterocycles. The van der Waals surface area contributed by atoms with Crippen molar-refractivity contribution in [3.63, 3.8) is 0 Å². The number of hydrogen-bond acceptors (Lipinski definition) is 3. The van der Waals surface area contributed by atoms with Gasteiger partial charge in [0.2, 0.25) is 0 Å². The predicted molar refractivity (Wildman–Crippen MR) is 30.5 cm³/mol. The Morgan fingerprint density at radius 2 is 2.33 bits per heavy atom. The van der Waals surface area contributed by atoms with Gasteiger partial charge >= 0.3 is 0 Å². The maximum atomic E-state index is 8.34. The fourth-order valence-corrected chi connectivity index (χ4v) is 0.751. The summed E-state index contributed by atoms with van der Waals surface area (Å²) >= 11 is 0. The molecule has 0 N–H and O–H groups in total. The molecule has 1 aliphatic heterocycles. The summed E-state index contributed by atoms with van der Waals surface area (Å²) in [5.41, 5.74) is 0. The molecule has 0 saturated carbocycles. The van der Waals surface area contributed by atoms with Gasteiger partial charge in [0, 0.05) is 0 Å². The number of nitriles is 1. The Morgan fingerprint density at radius 3 is 2.56 bits per heavy atom. The summed E-state index contributed by atoms with van der Waals surface area (Å²) in [5, 5.41) is 8.34. The maximum absolute atomic E-state index is 8.34. The lowest BCUT2D eigenvalue weighted by molar-refractivity contribution is -0.132. The molecule has 0 spiro atoms. The van der Waals surface area contributed by atoms with E-state index < -0.39 is 5.79 Å². The molecule has 0 radical (unpaired) electrons. The van der Waals surface area contributed by atoms with Crippen molar-refractivity contribution in [2.24, 2.45) is 0 Å². The van der Waals surface area contributed by atoms with Crippen LogP contribution in [0.2, 0.25) is 0 Å². The van der Waals surface area contributed by atoms with Gasteiger partial charge in [0.15, 0.2) is 11.9 Å². The van der Waals surface area contributed by atoms with E-state index in [1.165, 1.54) is 0 Å². The Kier molecular flexibility index (Phi) is 1.43. The van der Waals surface area contributed by atoms with E-state index in [9.17, 15) is 0 Å². The standard InChI is InChI=1S/C6H9NO2/c1-6(2)8-4-5(3-7)9-6/h5H,4H2,1-2H3. The average molecular weight is 127 g/mol. The summed E-state index contributed by atoms with van der Waals surface area (Å²) in [7, 11) is 0. The first-order valence-corrected chi connectivity index (χ1v) is 2.85. The Morgan fingerprint density at radius 1 is 1.67 bits per heavy atom. The smallest absolute Gasteiger partial charge is 0.170 e. The summed E-state index contributed by atoms with van der Waals surface area (Å²) in [6.07, 6.45) is -0.375. The minimum Gasteiger partial charge on any atom is -0.347 e. The molecule has 0 aliphatic carbocycles. The number of rotatable bonds is 0. The van der Waals surface area contributed by atoms with Crippen molar-refractivity contribution >= 4 is 0 Å². The van der Waals surface area contributed by atoms with E-state index in [1.807, 2.05) is 6.07 Å². The van der Waals surface area contributed by atoms with Gasteiger partial charge in [-0.1, -0.05) is 0 Å². The summed E-state index contributed by atoms with van der Waals surface area (Å²) in [4.78, 5) is 0. The monoisotopic (exact) mass is 127 g/mol. The SMILES string of the molecule is CC1(C)OCC(C#N)O1. The van der Waals surface area contributed by atoms with E-state index in [4.69, 9.17) is 14.7 Å². The summed E-state index contributed by atoms with van der Waals surface area (Å²) in [5.74, 6) is -0.555. The molecular formula is C6H9NO2. The highest BCUT2D eigenvalue weighted by Gasteiger charge is 2.32. The van der Waals surface area contributed by atoms with Crippen molar-refractivity contribution in [1.82, 2.24) is 0 Å². The lowest BCUT2D eigenvalue weighted by Crippen LogP contribution is -2.20. The molecule has 1 saturated heterocycles. The van der Waals surface area contributed by atoms with Crippen molar-refractivity contribution in [2.45, 2.75) is 25.7 Å². The molecule has 0 aromatic carbocycles. The Balaban J connectivity index is 2.50. The van der Waals surface area contributed by atoms with Crippen LogP contribution in [0.4, 0.5) is 0 Å². The largest absolute Gasteiger partial charge is 0.347 e. The van der Waals surface area contributed by atoms with Crippen LogP contribution < -0.4 is 0 Å². The van der Waals surface area contributed by atoms with Gasteiger partial charge in [0.05, 0.1) is 12.7 Å². The maximum Gasteiger partial charge on any atom is 0.170 e. The van der Waals surface area contributed by atoms with Crippen LogP contribution in [0.3, 0.4) is 0 Å². The van der Waals surface area contributed by atoms with E-state index in [0.29, 0.717) is 6.61 Å². The van der Waals surface area contributed by atoms with Crippen LogP contribution >= 0.6 is 0 Å². The zero-order chi connectivity index (χ0) is 6.91. The minimum absolute atomic E-state index is 0.375. The fourth-order valence-electron chi connectivity index (χ4n) is 0.751. The van der Waals surface area contributed by atoms with Gasteiger partial charge < -0.3 is 9.47 Å². The van der Waals surface area contributed by atoms with Crippen LogP contribution in [0.1, 0.15) is 13.8 Å². The van der Waals surface area contributed by atoms with Crippen molar-refractivity contribution in [3.8, 4) is 6.07 Å². The fraction of sp³-hybridized carbons (Fsp3) is 0.833. The molecule has 0 amide bonds. The zero-order valence-electron chi connectivity index (χ0n) is 5.55. The van der Waals surface area contributed by atoms with Gasteiger partial charge in [0.25, 0.3) is 0 Å². The van der Waals surface area contributed by atoms with Crippen LogP contribution in [-0.4, -0.2) is 18.5 Å². The average Bonchev–Trinajstić information content (AvgIpc) is 2.10. The Labute approximate surface area is 54.2 Å². The molecule has 3 heteroatoms. The van der Waals surface area contributed by atoms with Crippen molar-refractivity contribution in [2.75, 3.05) is 6.61 Å². The molecule has 1 atom stereocenters. The van der Waals surface area contributed by atoms with Crippen LogP contribution in [0.15, 0.2) is 0 Å². The topological polar surface area (TPSA) is 42.2 Å². The van der Waals surface area contributed by atoms with Gasteiger partial charge in [-0.3, -0.25) is 0 Å². The van der Waals surface area contributed by atoms with E-state index in [1.54, 1.807) is 13.8 Å². The lowest BCUT2D eigenvalue weighted by Gasteiger charge is -2.14. The van der Waals surface area contributed by atoms with Crippen LogP contribution in [0.25, 0.3) is 0 Å². The highest BCUT2D eigenvalue weighted by atomic mass is 16.7. The number of nitrogens with zero attached hydrogens (tertiary/aromatic N) is 1. The first-order valence-electron chi connectivity index (χ1n) is 2.85. The van der Waals surface area contributed by atoms with E-state index in [2.05, 4.69) is 0 Å². The summed E-state index contributed by atoms with van der Waals surface area (Å²) < 4.78 is 10.2. The molecule has 9 heavy (non-hydrogen) atoms. The van der Waals surface area contributed by atoms with Gasteiger partial charge in [-0.2, -0.15) is 5.26 Å². The van der Waals surface area contributed by atoms with E-state index in [0.717, 1.165) is 0 Å². The second-order valence-corrected chi connectivity index (χ2v) is 2.45. The first kappa shape index (κ1) is 6.53. The summed E-state index contributed by atoms with van der Waals surface area (Å²) in [6.45, 7) is 3.98. The van der Waals surface area contributed by atoms with Crippen molar-refractivity contribution < 1.29 is 9.47 Å². The molecule has 3 nitrogen and oxygen atoms in total. The zero-order valence-corrected chi connectivity index (χ0v) is 5.55. The lowest BCUT2D eigenvalue weighted by atomic mass is 10.4. The molecular weight excluding hydrogens is 118 g/mol. The number of hydrogen-bond donors (Lipinski definition) is 0. The molecule has 1 fully saturated rings. The second kappa shape index (κ2) is 1.98. The van der Waals surface area contributed by atoms with Crippen molar-refractivity contribution in [3.05, 3.63) is 0 Å². The highest BCUT2D eigenvalue weighted by Crippen LogP contribution is 2.21. The van der Waals surface area contributed by atoms with Crippen LogP contribution in [0, 0.1) is 11.3 Å². The first-order chi connectivity index (χ1) is 4.14. The van der Waals surface area contributed by atoms with E-state index >= 15 is 0 Å². The molecule has 0 aromatic rings. The second-order valence-electron chi connectivity index (χ2n) is 2.45. The van der Waals surface area contributed by atoms with Gasteiger partial charge in [0.1, 0.15) is 0 Å². The van der Waals surface area contributed by atoms with E-state index in [-0.39, 0.29) is 6.10 Å². The quantitative estimate of drug-likeness (QED) is 0.480. The molecule has 1 rings (SSSR count). The Bertz CT molecular complexity index is 148. The molecule has 1 unspecified atom stereocenters. The minimum atomic E-state index is -0.555. The highest BCUT2D eigenvalue weighted by molar-refractivity contribution is 4.88. The van der Waals surface area contributed by atoms with Crippen molar-refractivity contribution in [1.29, 1.82) is 5.26 Å². The normalized spacial score (nSPS) is 31.9. The molecule has 0 bridgehead atoms. The van der Waals surface area contributed by atoms with Gasteiger partial charge in [-0.15, -0.1) is 0 Å². The third-order valence-corrected chi connectivity index (χ3v) is 1.15. The predicted octanol–water partition coefficient (Wildman–Crippen LogP) is 0.661. The van der Waals surface area contributed by atoms with Crippen LogP contribution in [-0.2, 0) is 9.47 Å². The Hall–Kier alpha value is -0.590. The molecule has 1 aliphatic rings. The number of ether oxygens (including phenoxy) is 2. The van der Waals surface area contributed by atoms with Gasteiger partial charge in [-0.05, 0) is 13.8 Å². The van der Waals surface area contributed by atoms with Gasteiger partial charge in [-0.25, -0.2) is 0 Å². The molecule has 50 valence electrons. The molecule has 0 aromatic heterocycles.